The molecule has 86 valence electrons. The van der Waals surface area contributed by atoms with Crippen LogP contribution in [0.3, 0.4) is 0 Å². The minimum atomic E-state index is 0.0351. The SMILES string of the molecule is CC(=O)c1ccc(N)c(Sc2ccccn2)c1. The lowest BCUT2D eigenvalue weighted by Crippen LogP contribution is -1.95. The van der Waals surface area contributed by atoms with E-state index in [1.165, 1.54) is 11.8 Å². The second kappa shape index (κ2) is 5.01. The molecule has 0 atom stereocenters. The van der Waals surface area contributed by atoms with Gasteiger partial charge >= 0.3 is 0 Å². The largest absolute Gasteiger partial charge is 0.398 e. The molecule has 0 aliphatic rings. The quantitative estimate of drug-likeness (QED) is 0.666. The number of anilines is 1. The Labute approximate surface area is 104 Å². The Morgan fingerprint density at radius 1 is 1.29 bits per heavy atom. The Kier molecular flexibility index (Phi) is 3.44. The summed E-state index contributed by atoms with van der Waals surface area (Å²) in [5.41, 5.74) is 7.20. The maximum absolute atomic E-state index is 11.3. The second-order valence-corrected chi connectivity index (χ2v) is 4.64. The predicted molar refractivity (Wildman–Crippen MR) is 69.2 cm³/mol. The summed E-state index contributed by atoms with van der Waals surface area (Å²) in [5.74, 6) is 0.0351. The number of hydrogen-bond donors (Lipinski definition) is 1. The highest BCUT2D eigenvalue weighted by molar-refractivity contribution is 7.99. The summed E-state index contributed by atoms with van der Waals surface area (Å²) in [6, 6.07) is 11.0. The van der Waals surface area contributed by atoms with Crippen LogP contribution in [0.1, 0.15) is 17.3 Å². The van der Waals surface area contributed by atoms with Crippen molar-refractivity contribution in [3.8, 4) is 0 Å². The first kappa shape index (κ1) is 11.7. The number of Topliss-reactive ketones (excluding diaryl/α,β-unsaturated/α-hetero) is 1. The van der Waals surface area contributed by atoms with Crippen LogP contribution >= 0.6 is 11.8 Å². The normalized spacial score (nSPS) is 10.2. The molecule has 17 heavy (non-hydrogen) atoms. The first-order chi connectivity index (χ1) is 8.16. The van der Waals surface area contributed by atoms with Gasteiger partial charge in [0.1, 0.15) is 5.03 Å². The van der Waals surface area contributed by atoms with Crippen LogP contribution in [0.15, 0.2) is 52.5 Å². The van der Waals surface area contributed by atoms with E-state index in [2.05, 4.69) is 4.98 Å². The number of carbonyl (C=O) groups is 1. The van der Waals surface area contributed by atoms with Gasteiger partial charge in [-0.2, -0.15) is 0 Å². The summed E-state index contributed by atoms with van der Waals surface area (Å²) >= 11 is 1.46. The maximum atomic E-state index is 11.3. The van der Waals surface area contributed by atoms with E-state index in [0.717, 1.165) is 9.92 Å². The van der Waals surface area contributed by atoms with E-state index in [1.807, 2.05) is 18.2 Å². The molecule has 0 aliphatic heterocycles. The molecule has 0 amide bonds. The van der Waals surface area contributed by atoms with Gasteiger partial charge in [-0.15, -0.1) is 0 Å². The molecular weight excluding hydrogens is 232 g/mol. The number of nitrogen functional groups attached to an aromatic ring is 1. The average Bonchev–Trinajstić information content (AvgIpc) is 2.33. The molecule has 0 bridgehead atoms. The number of nitrogens with zero attached hydrogens (tertiary/aromatic N) is 1. The number of aromatic nitrogens is 1. The van der Waals surface area contributed by atoms with Crippen LogP contribution in [0, 0.1) is 0 Å². The number of hydrogen-bond acceptors (Lipinski definition) is 4. The first-order valence-electron chi connectivity index (χ1n) is 5.16. The van der Waals surface area contributed by atoms with Crippen molar-refractivity contribution in [3.05, 3.63) is 48.2 Å². The number of benzene rings is 1. The highest BCUT2D eigenvalue weighted by Crippen LogP contribution is 2.31. The van der Waals surface area contributed by atoms with Crippen LogP contribution in [0.2, 0.25) is 0 Å². The molecule has 2 N–H and O–H groups in total. The zero-order chi connectivity index (χ0) is 12.3. The molecule has 1 aromatic heterocycles. The standard InChI is InChI=1S/C13H12N2OS/c1-9(16)10-5-6-11(14)12(8-10)17-13-4-2-3-7-15-13/h2-8H,14H2,1H3. The van der Waals surface area contributed by atoms with Crippen molar-refractivity contribution in [1.82, 2.24) is 4.98 Å². The van der Waals surface area contributed by atoms with Crippen molar-refractivity contribution >= 4 is 23.2 Å². The Balaban J connectivity index is 2.32. The van der Waals surface area contributed by atoms with E-state index in [1.54, 1.807) is 31.3 Å². The molecule has 1 aromatic carbocycles. The van der Waals surface area contributed by atoms with Crippen LogP contribution in [-0.4, -0.2) is 10.8 Å². The monoisotopic (exact) mass is 244 g/mol. The van der Waals surface area contributed by atoms with Crippen molar-refractivity contribution in [1.29, 1.82) is 0 Å². The second-order valence-electron chi connectivity index (χ2n) is 3.58. The highest BCUT2D eigenvalue weighted by atomic mass is 32.2. The third-order valence-electron chi connectivity index (χ3n) is 2.27. The molecule has 0 spiro atoms. The Bertz CT molecular complexity index is 540. The fourth-order valence-corrected chi connectivity index (χ4v) is 2.22. The summed E-state index contributed by atoms with van der Waals surface area (Å²) in [7, 11) is 0. The molecule has 0 saturated heterocycles. The van der Waals surface area contributed by atoms with Gasteiger partial charge in [0.05, 0.1) is 0 Å². The van der Waals surface area contributed by atoms with Gasteiger partial charge in [0, 0.05) is 22.3 Å². The zero-order valence-electron chi connectivity index (χ0n) is 9.38. The minimum absolute atomic E-state index is 0.0351. The molecular formula is C13H12N2OS. The lowest BCUT2D eigenvalue weighted by atomic mass is 10.1. The fourth-order valence-electron chi connectivity index (χ4n) is 1.36. The van der Waals surface area contributed by atoms with Crippen LogP contribution in [-0.2, 0) is 0 Å². The number of ketones is 1. The number of carbonyl (C=O) groups excluding carboxylic acids is 1. The Morgan fingerprint density at radius 2 is 2.12 bits per heavy atom. The zero-order valence-corrected chi connectivity index (χ0v) is 10.2. The van der Waals surface area contributed by atoms with E-state index in [0.29, 0.717) is 11.3 Å². The molecule has 4 heteroatoms. The number of pyridine rings is 1. The van der Waals surface area contributed by atoms with Gasteiger partial charge in [0.25, 0.3) is 0 Å². The van der Waals surface area contributed by atoms with Gasteiger partial charge < -0.3 is 5.73 Å². The third kappa shape index (κ3) is 2.85. The van der Waals surface area contributed by atoms with Crippen LogP contribution in [0.25, 0.3) is 0 Å². The predicted octanol–water partition coefficient (Wildman–Crippen LogP) is 3.02. The van der Waals surface area contributed by atoms with Crippen molar-refractivity contribution < 1.29 is 4.79 Å². The van der Waals surface area contributed by atoms with Crippen molar-refractivity contribution in [2.24, 2.45) is 0 Å². The van der Waals surface area contributed by atoms with Gasteiger partial charge in [-0.1, -0.05) is 17.8 Å². The van der Waals surface area contributed by atoms with Gasteiger partial charge in [0.2, 0.25) is 0 Å². The van der Waals surface area contributed by atoms with E-state index < -0.39 is 0 Å². The summed E-state index contributed by atoms with van der Waals surface area (Å²) in [6.45, 7) is 1.54. The average molecular weight is 244 g/mol. The topological polar surface area (TPSA) is 56.0 Å². The van der Waals surface area contributed by atoms with Crippen LogP contribution in [0.5, 0.6) is 0 Å². The Morgan fingerprint density at radius 3 is 2.76 bits per heavy atom. The van der Waals surface area contributed by atoms with Crippen LogP contribution in [0.4, 0.5) is 5.69 Å². The van der Waals surface area contributed by atoms with E-state index in [9.17, 15) is 4.79 Å². The molecule has 0 saturated carbocycles. The van der Waals surface area contributed by atoms with Gasteiger partial charge in [0.15, 0.2) is 5.78 Å². The minimum Gasteiger partial charge on any atom is -0.398 e. The molecule has 0 fully saturated rings. The lowest BCUT2D eigenvalue weighted by Gasteiger charge is -2.06. The third-order valence-corrected chi connectivity index (χ3v) is 3.30. The summed E-state index contributed by atoms with van der Waals surface area (Å²) in [5, 5.41) is 0.861. The summed E-state index contributed by atoms with van der Waals surface area (Å²) in [6.07, 6.45) is 1.73. The molecule has 0 unspecified atom stereocenters. The van der Waals surface area contributed by atoms with Crippen molar-refractivity contribution in [2.45, 2.75) is 16.8 Å². The molecule has 3 nitrogen and oxygen atoms in total. The fraction of sp³-hybridized carbons (Fsp3) is 0.0769. The van der Waals surface area contributed by atoms with Gasteiger partial charge in [-0.25, -0.2) is 4.98 Å². The summed E-state index contributed by atoms with van der Waals surface area (Å²) in [4.78, 5) is 16.4. The van der Waals surface area contributed by atoms with Crippen molar-refractivity contribution in [3.63, 3.8) is 0 Å². The lowest BCUT2D eigenvalue weighted by molar-refractivity contribution is 0.101. The highest BCUT2D eigenvalue weighted by Gasteiger charge is 2.06. The van der Waals surface area contributed by atoms with E-state index in [-0.39, 0.29) is 5.78 Å². The number of rotatable bonds is 3. The first-order valence-corrected chi connectivity index (χ1v) is 5.98. The molecule has 1 heterocycles. The molecule has 0 radical (unpaired) electrons. The van der Waals surface area contributed by atoms with Crippen LogP contribution < -0.4 is 5.73 Å². The van der Waals surface area contributed by atoms with Gasteiger partial charge in [-0.3, -0.25) is 4.79 Å². The maximum Gasteiger partial charge on any atom is 0.159 e. The molecule has 2 aromatic rings. The van der Waals surface area contributed by atoms with Gasteiger partial charge in [-0.05, 0) is 37.3 Å². The molecule has 2 rings (SSSR count). The summed E-state index contributed by atoms with van der Waals surface area (Å²) < 4.78 is 0. The van der Waals surface area contributed by atoms with Crippen molar-refractivity contribution in [2.75, 3.05) is 5.73 Å². The van der Waals surface area contributed by atoms with E-state index >= 15 is 0 Å². The van der Waals surface area contributed by atoms with E-state index in [4.69, 9.17) is 5.73 Å². The smallest absolute Gasteiger partial charge is 0.159 e. The number of nitrogens with two attached hydrogens (primary N) is 1. The Hall–Kier alpha value is -1.81. The molecule has 0 aliphatic carbocycles.